The molecule has 0 aliphatic rings. The summed E-state index contributed by atoms with van der Waals surface area (Å²) in [4.78, 5) is 8.92. The summed E-state index contributed by atoms with van der Waals surface area (Å²) in [5, 5.41) is 14.7. The minimum absolute atomic E-state index is 0. The Hall–Kier alpha value is -2.43. The number of hydrogen-bond donors (Lipinski definition) is 2. The second-order valence-electron chi connectivity index (χ2n) is 6.08. The van der Waals surface area contributed by atoms with E-state index in [1.165, 1.54) is 11.1 Å². The van der Waals surface area contributed by atoms with Gasteiger partial charge in [0.2, 0.25) is 5.89 Å². The summed E-state index contributed by atoms with van der Waals surface area (Å²) in [6, 6.07) is 10.2. The summed E-state index contributed by atoms with van der Waals surface area (Å²) < 4.78 is 7.05. The number of aromatic nitrogens is 4. The van der Waals surface area contributed by atoms with Crippen molar-refractivity contribution in [2.45, 2.75) is 33.4 Å². The summed E-state index contributed by atoms with van der Waals surface area (Å²) in [5.41, 5.74) is 2.39. The summed E-state index contributed by atoms with van der Waals surface area (Å²) in [6.07, 6.45) is 4.41. The molecule has 2 heterocycles. The average molecular weight is 495 g/mol. The van der Waals surface area contributed by atoms with Crippen LogP contribution < -0.4 is 10.6 Å². The molecule has 1 aromatic carbocycles. The minimum atomic E-state index is 0. The van der Waals surface area contributed by atoms with E-state index in [0.29, 0.717) is 31.2 Å². The summed E-state index contributed by atoms with van der Waals surface area (Å²) >= 11 is 0. The molecule has 0 bridgehead atoms. The van der Waals surface area contributed by atoms with E-state index in [1.807, 2.05) is 42.9 Å². The van der Waals surface area contributed by atoms with Crippen molar-refractivity contribution in [3.05, 3.63) is 65.6 Å². The fourth-order valence-electron chi connectivity index (χ4n) is 2.67. The molecular weight excluding hydrogens is 469 g/mol. The van der Waals surface area contributed by atoms with Crippen molar-refractivity contribution in [1.29, 1.82) is 0 Å². The van der Waals surface area contributed by atoms with Gasteiger partial charge in [-0.15, -0.1) is 24.0 Å². The molecule has 150 valence electrons. The number of nitrogens with zero attached hydrogens (tertiary/aromatic N) is 5. The molecule has 8 nitrogen and oxygen atoms in total. The molecule has 0 aliphatic carbocycles. The maximum atomic E-state index is 5.13. The van der Waals surface area contributed by atoms with Gasteiger partial charge in [0, 0.05) is 31.9 Å². The van der Waals surface area contributed by atoms with Crippen molar-refractivity contribution in [1.82, 2.24) is 30.6 Å². The zero-order valence-corrected chi connectivity index (χ0v) is 18.5. The zero-order chi connectivity index (χ0) is 18.9. The number of guanidine groups is 1. The molecule has 28 heavy (non-hydrogen) atoms. The van der Waals surface area contributed by atoms with E-state index >= 15 is 0 Å². The number of aliphatic imine (C=N–C) groups is 1. The molecule has 0 unspecified atom stereocenters. The van der Waals surface area contributed by atoms with E-state index in [-0.39, 0.29) is 24.0 Å². The van der Waals surface area contributed by atoms with Crippen LogP contribution in [0.5, 0.6) is 0 Å². The molecule has 9 heteroatoms. The van der Waals surface area contributed by atoms with Crippen LogP contribution in [0.4, 0.5) is 0 Å². The Labute approximate surface area is 181 Å². The molecule has 3 rings (SSSR count). The van der Waals surface area contributed by atoms with Gasteiger partial charge in [-0.25, -0.2) is 4.99 Å². The predicted molar refractivity (Wildman–Crippen MR) is 119 cm³/mol. The lowest BCUT2D eigenvalue weighted by Crippen LogP contribution is -2.38. The quantitative estimate of drug-likeness (QED) is 0.284. The van der Waals surface area contributed by atoms with Gasteiger partial charge < -0.3 is 15.2 Å². The lowest BCUT2D eigenvalue weighted by molar-refractivity contribution is 0.374. The fraction of sp³-hybridized carbons (Fsp3) is 0.368. The Morgan fingerprint density at radius 1 is 1.18 bits per heavy atom. The van der Waals surface area contributed by atoms with Gasteiger partial charge in [0.1, 0.15) is 0 Å². The topological polar surface area (TPSA) is 93.2 Å². The van der Waals surface area contributed by atoms with E-state index in [9.17, 15) is 0 Å². The number of hydrogen-bond acceptors (Lipinski definition) is 5. The lowest BCUT2D eigenvalue weighted by Gasteiger charge is -2.12. The SMILES string of the molecule is CCNC(=NCc1ccccc1Cn1cccn1)NCCc1nc(C)no1.I. The van der Waals surface area contributed by atoms with E-state index in [0.717, 1.165) is 19.0 Å². The van der Waals surface area contributed by atoms with Crippen LogP contribution in [-0.2, 0) is 19.5 Å². The van der Waals surface area contributed by atoms with Gasteiger partial charge in [-0.05, 0) is 31.0 Å². The normalized spacial score (nSPS) is 11.1. The third kappa shape index (κ3) is 6.63. The Balaban J connectivity index is 0.00000280. The number of nitrogens with one attached hydrogen (secondary N) is 2. The van der Waals surface area contributed by atoms with E-state index in [4.69, 9.17) is 9.52 Å². The largest absolute Gasteiger partial charge is 0.357 e. The van der Waals surface area contributed by atoms with Crippen LogP contribution >= 0.6 is 24.0 Å². The Bertz CT molecular complexity index is 861. The fourth-order valence-corrected chi connectivity index (χ4v) is 2.67. The molecule has 0 fully saturated rings. The Kier molecular flexibility index (Phi) is 8.92. The van der Waals surface area contributed by atoms with Gasteiger partial charge in [-0.3, -0.25) is 4.68 Å². The third-order valence-corrected chi connectivity index (χ3v) is 3.96. The van der Waals surface area contributed by atoms with Crippen LogP contribution in [0.2, 0.25) is 0 Å². The highest BCUT2D eigenvalue weighted by Gasteiger charge is 2.05. The minimum Gasteiger partial charge on any atom is -0.357 e. The van der Waals surface area contributed by atoms with Crippen molar-refractivity contribution in [2.24, 2.45) is 4.99 Å². The molecular formula is C19H26IN7O. The molecule has 3 aromatic rings. The monoisotopic (exact) mass is 495 g/mol. The summed E-state index contributed by atoms with van der Waals surface area (Å²) in [5.74, 6) is 2.04. The van der Waals surface area contributed by atoms with Gasteiger partial charge in [0.25, 0.3) is 0 Å². The van der Waals surface area contributed by atoms with Crippen LogP contribution in [0.25, 0.3) is 0 Å². The molecule has 0 radical (unpaired) electrons. The van der Waals surface area contributed by atoms with Gasteiger partial charge in [0.05, 0.1) is 13.1 Å². The van der Waals surface area contributed by atoms with Gasteiger partial charge >= 0.3 is 0 Å². The molecule has 2 N–H and O–H groups in total. The molecule has 0 spiro atoms. The molecule has 0 saturated heterocycles. The standard InChI is InChI=1S/C19H25N7O.HI/c1-3-20-19(21-11-9-18-24-15(2)25-27-18)22-13-16-7-4-5-8-17(16)14-26-12-6-10-23-26;/h4-8,10,12H,3,9,11,13-14H2,1-2H3,(H2,20,21,22);1H. The second kappa shape index (κ2) is 11.4. The highest BCUT2D eigenvalue weighted by molar-refractivity contribution is 14.0. The first kappa shape index (κ1) is 21.9. The van der Waals surface area contributed by atoms with Crippen molar-refractivity contribution in [2.75, 3.05) is 13.1 Å². The first-order valence-corrected chi connectivity index (χ1v) is 9.10. The first-order chi connectivity index (χ1) is 13.2. The first-order valence-electron chi connectivity index (χ1n) is 9.10. The predicted octanol–water partition coefficient (Wildman–Crippen LogP) is 2.54. The summed E-state index contributed by atoms with van der Waals surface area (Å²) in [6.45, 7) is 6.64. The number of rotatable bonds is 8. The number of aryl methyl sites for hydroxylation is 1. The van der Waals surface area contributed by atoms with Gasteiger partial charge in [-0.1, -0.05) is 29.4 Å². The van der Waals surface area contributed by atoms with E-state index < -0.39 is 0 Å². The van der Waals surface area contributed by atoms with Crippen LogP contribution in [0.3, 0.4) is 0 Å². The van der Waals surface area contributed by atoms with Crippen molar-refractivity contribution >= 4 is 29.9 Å². The van der Waals surface area contributed by atoms with Crippen LogP contribution in [0.15, 0.2) is 52.2 Å². The van der Waals surface area contributed by atoms with Crippen molar-refractivity contribution in [3.63, 3.8) is 0 Å². The molecule has 0 atom stereocenters. The molecule has 0 aliphatic heterocycles. The molecule has 0 saturated carbocycles. The van der Waals surface area contributed by atoms with Gasteiger partial charge in [-0.2, -0.15) is 10.1 Å². The Morgan fingerprint density at radius 2 is 2.00 bits per heavy atom. The smallest absolute Gasteiger partial charge is 0.228 e. The number of benzene rings is 1. The highest BCUT2D eigenvalue weighted by atomic mass is 127. The highest BCUT2D eigenvalue weighted by Crippen LogP contribution is 2.11. The maximum Gasteiger partial charge on any atom is 0.228 e. The van der Waals surface area contributed by atoms with Crippen molar-refractivity contribution in [3.8, 4) is 0 Å². The molecule has 0 amide bonds. The van der Waals surface area contributed by atoms with E-state index in [1.54, 1.807) is 6.20 Å². The maximum absolute atomic E-state index is 5.13. The Morgan fingerprint density at radius 3 is 2.68 bits per heavy atom. The van der Waals surface area contributed by atoms with Crippen LogP contribution in [-0.4, -0.2) is 39.0 Å². The average Bonchev–Trinajstić information content (AvgIpc) is 3.32. The van der Waals surface area contributed by atoms with Gasteiger partial charge in [0.15, 0.2) is 11.8 Å². The lowest BCUT2D eigenvalue weighted by atomic mass is 10.1. The van der Waals surface area contributed by atoms with Crippen molar-refractivity contribution < 1.29 is 4.52 Å². The second-order valence-corrected chi connectivity index (χ2v) is 6.08. The van der Waals surface area contributed by atoms with Crippen LogP contribution in [0, 0.1) is 6.92 Å². The van der Waals surface area contributed by atoms with Crippen LogP contribution in [0.1, 0.15) is 29.8 Å². The third-order valence-electron chi connectivity index (χ3n) is 3.96. The van der Waals surface area contributed by atoms with E-state index in [2.05, 4.69) is 38.0 Å². The number of halogens is 1. The summed E-state index contributed by atoms with van der Waals surface area (Å²) in [7, 11) is 0. The zero-order valence-electron chi connectivity index (χ0n) is 16.1. The molecule has 2 aromatic heterocycles.